The molecule has 0 saturated heterocycles. The van der Waals surface area contributed by atoms with Gasteiger partial charge in [-0.3, -0.25) is 4.79 Å². The van der Waals surface area contributed by atoms with E-state index in [2.05, 4.69) is 6.92 Å². The van der Waals surface area contributed by atoms with Crippen LogP contribution in [-0.4, -0.2) is 16.5 Å². The third-order valence-corrected chi connectivity index (χ3v) is 1.60. The second-order valence-corrected chi connectivity index (χ2v) is 2.78. The van der Waals surface area contributed by atoms with Crippen LogP contribution < -0.4 is 0 Å². The summed E-state index contributed by atoms with van der Waals surface area (Å²) in [4.78, 5) is 10.2. The molecule has 0 aliphatic carbocycles. The van der Waals surface area contributed by atoms with Crippen LogP contribution in [0.1, 0.15) is 26.2 Å². The summed E-state index contributed by atoms with van der Waals surface area (Å²) in [6.07, 6.45) is 6.44. The number of aliphatic carboxylic acids is 1. The van der Waals surface area contributed by atoms with E-state index in [9.17, 15) is 4.79 Å². The number of unbranched alkanes of at least 4 members (excludes halogenated alkanes) is 2. The van der Waals surface area contributed by atoms with E-state index in [0.29, 0.717) is 0 Å². The Bertz CT molecular complexity index is 143. The van der Waals surface area contributed by atoms with Crippen LogP contribution in [0.5, 0.6) is 0 Å². The van der Waals surface area contributed by atoms with Gasteiger partial charge in [0.2, 0.25) is 0 Å². The van der Waals surface area contributed by atoms with Gasteiger partial charge in [-0.2, -0.15) is 0 Å². The molecule has 0 aromatic rings. The van der Waals surface area contributed by atoms with Crippen LogP contribution in [-0.2, 0) is 4.79 Å². The van der Waals surface area contributed by atoms with Crippen LogP contribution in [0.2, 0.25) is 0 Å². The van der Waals surface area contributed by atoms with Crippen molar-refractivity contribution in [3.8, 4) is 0 Å². The summed E-state index contributed by atoms with van der Waals surface area (Å²) in [5.41, 5.74) is 0. The van der Waals surface area contributed by atoms with Gasteiger partial charge < -0.3 is 5.11 Å². The average Bonchev–Trinajstić information content (AvgIpc) is 1.97. The van der Waals surface area contributed by atoms with Gasteiger partial charge in [-0.05, 0) is 6.42 Å². The first-order chi connectivity index (χ1) is 5.18. The predicted molar refractivity (Wildman–Crippen MR) is 45.9 cm³/mol. The lowest BCUT2D eigenvalue weighted by molar-refractivity contribution is -0.135. The van der Waals surface area contributed by atoms with Gasteiger partial charge in [0, 0.05) is 0 Å². The first kappa shape index (κ1) is 10.5. The molecule has 1 N–H and O–H groups in total. The van der Waals surface area contributed by atoms with Crippen molar-refractivity contribution in [2.45, 2.75) is 31.6 Å². The van der Waals surface area contributed by atoms with Crippen LogP contribution in [0, 0.1) is 0 Å². The zero-order valence-corrected chi connectivity index (χ0v) is 7.34. The maximum atomic E-state index is 10.2. The molecule has 0 aromatic heterocycles. The summed E-state index contributed by atoms with van der Waals surface area (Å²) in [7, 11) is 0. The number of hydrogen-bond donors (Lipinski definition) is 1. The molecule has 64 valence electrons. The Kier molecular flexibility index (Phi) is 5.94. The molecule has 1 unspecified atom stereocenters. The van der Waals surface area contributed by atoms with E-state index in [1.807, 2.05) is 6.08 Å². The summed E-state index contributed by atoms with van der Waals surface area (Å²) in [5, 5.41) is 7.49. The van der Waals surface area contributed by atoms with Gasteiger partial charge in [0.05, 0.1) is 0 Å². The number of carbonyl (C=O) groups is 1. The van der Waals surface area contributed by atoms with Crippen molar-refractivity contribution < 1.29 is 9.90 Å². The molecule has 0 fully saturated rings. The summed E-state index contributed by atoms with van der Waals surface area (Å²) in [6.45, 7) is 2.09. The highest BCUT2D eigenvalue weighted by molar-refractivity contribution is 6.30. The van der Waals surface area contributed by atoms with Crippen molar-refractivity contribution in [2.75, 3.05) is 0 Å². The Morgan fingerprint density at radius 3 is 2.82 bits per heavy atom. The molecule has 0 aliphatic rings. The van der Waals surface area contributed by atoms with Gasteiger partial charge in [0.15, 0.2) is 0 Å². The summed E-state index contributed by atoms with van der Waals surface area (Å²) in [6, 6.07) is 0. The lowest BCUT2D eigenvalue weighted by Gasteiger charge is -1.94. The number of allylic oxidation sites excluding steroid dienone is 1. The van der Waals surface area contributed by atoms with Crippen molar-refractivity contribution in [1.29, 1.82) is 0 Å². The Balaban J connectivity index is 3.48. The SMILES string of the molecule is CCCC/C=C/C(Cl)C(=O)O. The van der Waals surface area contributed by atoms with Crippen molar-refractivity contribution >= 4 is 17.6 Å². The molecule has 2 nitrogen and oxygen atoms in total. The molecule has 11 heavy (non-hydrogen) atoms. The molecular weight excluding hydrogens is 164 g/mol. The Hall–Kier alpha value is -0.500. The molecule has 0 aliphatic heterocycles. The minimum Gasteiger partial charge on any atom is -0.480 e. The fourth-order valence-electron chi connectivity index (χ4n) is 0.620. The third kappa shape index (κ3) is 5.92. The first-order valence-corrected chi connectivity index (χ1v) is 4.15. The van der Waals surface area contributed by atoms with Crippen molar-refractivity contribution in [3.05, 3.63) is 12.2 Å². The minimum absolute atomic E-state index is 0.869. The van der Waals surface area contributed by atoms with Crippen LogP contribution in [0.4, 0.5) is 0 Å². The standard InChI is InChI=1S/C8H13ClO2/c1-2-3-4-5-6-7(9)8(10)11/h5-7H,2-4H2,1H3,(H,10,11)/b6-5+. The van der Waals surface area contributed by atoms with E-state index in [1.54, 1.807) is 0 Å². The van der Waals surface area contributed by atoms with E-state index in [0.717, 1.165) is 19.3 Å². The Morgan fingerprint density at radius 2 is 2.36 bits per heavy atom. The van der Waals surface area contributed by atoms with Crippen LogP contribution in [0.3, 0.4) is 0 Å². The Morgan fingerprint density at radius 1 is 1.73 bits per heavy atom. The minimum atomic E-state index is -0.987. The molecule has 0 heterocycles. The normalized spacial score (nSPS) is 13.6. The molecule has 0 saturated carbocycles. The zero-order chi connectivity index (χ0) is 8.69. The zero-order valence-electron chi connectivity index (χ0n) is 6.59. The largest absolute Gasteiger partial charge is 0.480 e. The monoisotopic (exact) mass is 176 g/mol. The fourth-order valence-corrected chi connectivity index (χ4v) is 0.723. The highest BCUT2D eigenvalue weighted by Gasteiger charge is 2.07. The molecule has 0 rings (SSSR count). The smallest absolute Gasteiger partial charge is 0.325 e. The van der Waals surface area contributed by atoms with Gasteiger partial charge >= 0.3 is 5.97 Å². The summed E-state index contributed by atoms with van der Waals surface area (Å²) >= 11 is 5.41. The van der Waals surface area contributed by atoms with E-state index in [4.69, 9.17) is 16.7 Å². The van der Waals surface area contributed by atoms with Crippen molar-refractivity contribution in [1.82, 2.24) is 0 Å². The lowest BCUT2D eigenvalue weighted by Crippen LogP contribution is -2.09. The second-order valence-electron chi connectivity index (χ2n) is 2.31. The van der Waals surface area contributed by atoms with E-state index in [-0.39, 0.29) is 0 Å². The number of carboxylic acid groups (broad SMARTS) is 1. The molecular formula is C8H13ClO2. The van der Waals surface area contributed by atoms with E-state index in [1.165, 1.54) is 6.08 Å². The number of hydrogen-bond acceptors (Lipinski definition) is 1. The van der Waals surface area contributed by atoms with Gasteiger partial charge in [0.1, 0.15) is 5.38 Å². The van der Waals surface area contributed by atoms with Gasteiger partial charge in [-0.25, -0.2) is 0 Å². The lowest BCUT2D eigenvalue weighted by atomic mass is 10.2. The number of alkyl halides is 1. The van der Waals surface area contributed by atoms with Crippen molar-refractivity contribution in [2.24, 2.45) is 0 Å². The van der Waals surface area contributed by atoms with Crippen LogP contribution in [0.15, 0.2) is 12.2 Å². The number of rotatable bonds is 5. The second kappa shape index (κ2) is 6.23. The highest BCUT2D eigenvalue weighted by Crippen LogP contribution is 2.01. The van der Waals surface area contributed by atoms with E-state index >= 15 is 0 Å². The molecule has 0 aromatic carbocycles. The van der Waals surface area contributed by atoms with Crippen LogP contribution in [0.25, 0.3) is 0 Å². The number of carboxylic acids is 1. The summed E-state index contributed by atoms with van der Waals surface area (Å²) < 4.78 is 0. The molecule has 0 amide bonds. The molecule has 0 spiro atoms. The third-order valence-electron chi connectivity index (χ3n) is 1.27. The Labute approximate surface area is 71.9 Å². The maximum absolute atomic E-state index is 10.2. The van der Waals surface area contributed by atoms with Gasteiger partial charge in [-0.1, -0.05) is 31.9 Å². The first-order valence-electron chi connectivity index (χ1n) is 3.72. The van der Waals surface area contributed by atoms with E-state index < -0.39 is 11.3 Å². The molecule has 3 heteroatoms. The fraction of sp³-hybridized carbons (Fsp3) is 0.625. The highest BCUT2D eigenvalue weighted by atomic mass is 35.5. The number of halogens is 1. The maximum Gasteiger partial charge on any atom is 0.325 e. The average molecular weight is 177 g/mol. The van der Waals surface area contributed by atoms with Gasteiger partial charge in [0.25, 0.3) is 0 Å². The van der Waals surface area contributed by atoms with Crippen molar-refractivity contribution in [3.63, 3.8) is 0 Å². The molecule has 0 radical (unpaired) electrons. The summed E-state index contributed by atoms with van der Waals surface area (Å²) in [5.74, 6) is -0.987. The quantitative estimate of drug-likeness (QED) is 0.397. The topological polar surface area (TPSA) is 37.3 Å². The molecule has 1 atom stereocenters. The van der Waals surface area contributed by atoms with Crippen LogP contribution >= 0.6 is 11.6 Å². The van der Waals surface area contributed by atoms with Gasteiger partial charge in [-0.15, -0.1) is 11.6 Å². The predicted octanol–water partition coefficient (Wildman–Crippen LogP) is 2.42. The molecule has 0 bridgehead atoms.